The third kappa shape index (κ3) is 2.23. The molecule has 1 unspecified atom stereocenters. The molecule has 0 aliphatic heterocycles. The summed E-state index contributed by atoms with van der Waals surface area (Å²) in [6, 6.07) is -0.375. The van der Waals surface area contributed by atoms with Gasteiger partial charge in [0.15, 0.2) is 15.1 Å². The van der Waals surface area contributed by atoms with Crippen molar-refractivity contribution in [2.24, 2.45) is 0 Å². The SMILES string of the molecule is C=CC(C)NS(=O)(=O)c1c(Cl)nc2sccn12. The van der Waals surface area contributed by atoms with E-state index in [1.807, 2.05) is 0 Å². The Hall–Kier alpha value is -0.890. The lowest BCUT2D eigenvalue weighted by Gasteiger charge is -2.09. The van der Waals surface area contributed by atoms with Gasteiger partial charge in [-0.1, -0.05) is 17.7 Å². The summed E-state index contributed by atoms with van der Waals surface area (Å²) in [6.07, 6.45) is 3.11. The highest BCUT2D eigenvalue weighted by atomic mass is 35.5. The molecule has 2 heterocycles. The maximum atomic E-state index is 12.1. The molecule has 0 bridgehead atoms. The van der Waals surface area contributed by atoms with Crippen molar-refractivity contribution in [2.75, 3.05) is 0 Å². The van der Waals surface area contributed by atoms with Crippen molar-refractivity contribution in [3.05, 3.63) is 29.4 Å². The summed E-state index contributed by atoms with van der Waals surface area (Å²) in [6.45, 7) is 5.21. The number of imidazole rings is 1. The monoisotopic (exact) mass is 291 g/mol. The van der Waals surface area contributed by atoms with Crippen molar-refractivity contribution in [3.63, 3.8) is 0 Å². The number of nitrogens with one attached hydrogen (secondary N) is 1. The van der Waals surface area contributed by atoms with Crippen molar-refractivity contribution in [1.29, 1.82) is 0 Å². The first-order chi connectivity index (χ1) is 7.95. The number of thiazole rings is 1. The molecule has 8 heteroatoms. The summed E-state index contributed by atoms with van der Waals surface area (Å²) < 4.78 is 28.1. The molecular weight excluding hydrogens is 282 g/mol. The molecule has 0 aliphatic rings. The van der Waals surface area contributed by atoms with Crippen LogP contribution in [-0.2, 0) is 10.0 Å². The van der Waals surface area contributed by atoms with Gasteiger partial charge in [0, 0.05) is 17.6 Å². The molecule has 0 spiro atoms. The topological polar surface area (TPSA) is 63.5 Å². The zero-order valence-corrected chi connectivity index (χ0v) is 11.3. The number of fused-ring (bicyclic) bond motifs is 1. The van der Waals surface area contributed by atoms with E-state index >= 15 is 0 Å². The summed E-state index contributed by atoms with van der Waals surface area (Å²) in [4.78, 5) is 4.52. The zero-order valence-electron chi connectivity index (χ0n) is 8.92. The van der Waals surface area contributed by atoms with Crippen molar-refractivity contribution < 1.29 is 8.42 Å². The first-order valence-electron chi connectivity index (χ1n) is 4.71. The average molecular weight is 292 g/mol. The zero-order chi connectivity index (χ0) is 12.6. The molecule has 92 valence electrons. The first-order valence-corrected chi connectivity index (χ1v) is 7.45. The van der Waals surface area contributed by atoms with E-state index in [0.717, 1.165) is 0 Å². The normalized spacial score (nSPS) is 14.0. The summed E-state index contributed by atoms with van der Waals surface area (Å²) in [5, 5.41) is 1.68. The van der Waals surface area contributed by atoms with Gasteiger partial charge < -0.3 is 0 Å². The maximum absolute atomic E-state index is 12.1. The summed E-state index contributed by atoms with van der Waals surface area (Å²) >= 11 is 7.17. The van der Waals surface area contributed by atoms with Crippen LogP contribution in [0.2, 0.25) is 5.15 Å². The fourth-order valence-corrected chi connectivity index (χ4v) is 4.00. The Bertz CT molecular complexity index is 659. The van der Waals surface area contributed by atoms with Gasteiger partial charge in [-0.2, -0.15) is 0 Å². The van der Waals surface area contributed by atoms with Crippen molar-refractivity contribution in [2.45, 2.75) is 18.0 Å². The minimum atomic E-state index is -3.70. The lowest BCUT2D eigenvalue weighted by Crippen LogP contribution is -2.31. The summed E-state index contributed by atoms with van der Waals surface area (Å²) in [7, 11) is -3.70. The van der Waals surface area contributed by atoms with Gasteiger partial charge in [0.05, 0.1) is 0 Å². The van der Waals surface area contributed by atoms with E-state index in [2.05, 4.69) is 16.3 Å². The largest absolute Gasteiger partial charge is 0.279 e. The molecule has 0 aromatic carbocycles. The molecule has 0 amide bonds. The van der Waals surface area contributed by atoms with Gasteiger partial charge in [0.2, 0.25) is 0 Å². The Morgan fingerprint density at radius 2 is 2.41 bits per heavy atom. The Kier molecular flexibility index (Phi) is 3.26. The highest BCUT2D eigenvalue weighted by Gasteiger charge is 2.25. The molecule has 0 aliphatic carbocycles. The van der Waals surface area contributed by atoms with Crippen LogP contribution in [0.1, 0.15) is 6.92 Å². The fourth-order valence-electron chi connectivity index (χ4n) is 1.33. The fraction of sp³-hybridized carbons (Fsp3) is 0.222. The molecule has 17 heavy (non-hydrogen) atoms. The lowest BCUT2D eigenvalue weighted by molar-refractivity contribution is 0.571. The van der Waals surface area contributed by atoms with Crippen molar-refractivity contribution in [1.82, 2.24) is 14.1 Å². The standard InChI is InChI=1S/C9H10ClN3O2S2/c1-3-6(2)12-17(14,15)8-7(10)11-9-13(8)4-5-16-9/h3-6,12H,1H2,2H3. The smallest absolute Gasteiger partial charge is 0.260 e. The van der Waals surface area contributed by atoms with Crippen LogP contribution in [-0.4, -0.2) is 23.8 Å². The van der Waals surface area contributed by atoms with Gasteiger partial charge in [-0.25, -0.2) is 18.1 Å². The molecule has 0 saturated heterocycles. The van der Waals surface area contributed by atoms with E-state index < -0.39 is 10.0 Å². The highest BCUT2D eigenvalue weighted by Crippen LogP contribution is 2.25. The van der Waals surface area contributed by atoms with Crippen LogP contribution in [0.5, 0.6) is 0 Å². The predicted molar refractivity (Wildman–Crippen MR) is 68.1 cm³/mol. The molecule has 2 rings (SSSR count). The second-order valence-electron chi connectivity index (χ2n) is 3.41. The average Bonchev–Trinajstić information content (AvgIpc) is 2.75. The molecule has 2 aromatic rings. The van der Waals surface area contributed by atoms with Crippen LogP contribution >= 0.6 is 22.9 Å². The molecule has 0 radical (unpaired) electrons. The van der Waals surface area contributed by atoms with Gasteiger partial charge in [0.1, 0.15) is 0 Å². The van der Waals surface area contributed by atoms with Gasteiger partial charge >= 0.3 is 0 Å². The van der Waals surface area contributed by atoms with Crippen LogP contribution in [0.25, 0.3) is 4.96 Å². The van der Waals surface area contributed by atoms with Gasteiger partial charge in [0.25, 0.3) is 10.0 Å². The molecule has 0 fully saturated rings. The second kappa shape index (κ2) is 4.41. The van der Waals surface area contributed by atoms with Crippen molar-refractivity contribution >= 4 is 37.9 Å². The van der Waals surface area contributed by atoms with Crippen LogP contribution in [0.3, 0.4) is 0 Å². The van der Waals surface area contributed by atoms with E-state index in [-0.39, 0.29) is 16.2 Å². The second-order valence-corrected chi connectivity index (χ2v) is 6.27. The number of hydrogen-bond donors (Lipinski definition) is 1. The number of sulfonamides is 1. The minimum absolute atomic E-state index is 0.0272. The van der Waals surface area contributed by atoms with Crippen LogP contribution < -0.4 is 4.72 Å². The lowest BCUT2D eigenvalue weighted by atomic mass is 10.4. The highest BCUT2D eigenvalue weighted by molar-refractivity contribution is 7.89. The minimum Gasteiger partial charge on any atom is -0.279 e. The Morgan fingerprint density at radius 1 is 1.71 bits per heavy atom. The molecule has 1 atom stereocenters. The van der Waals surface area contributed by atoms with E-state index in [1.54, 1.807) is 18.5 Å². The Labute approximate surface area is 108 Å². The quantitative estimate of drug-likeness (QED) is 0.875. The number of aromatic nitrogens is 2. The van der Waals surface area contributed by atoms with Crippen LogP contribution in [0.4, 0.5) is 0 Å². The molecular formula is C9H10ClN3O2S2. The predicted octanol–water partition coefficient (Wildman–Crippen LogP) is 1.90. The third-order valence-electron chi connectivity index (χ3n) is 2.13. The van der Waals surface area contributed by atoms with Gasteiger partial charge in [-0.3, -0.25) is 4.40 Å². The molecule has 1 N–H and O–H groups in total. The maximum Gasteiger partial charge on any atom is 0.260 e. The number of halogens is 1. The number of nitrogens with zero attached hydrogens (tertiary/aromatic N) is 2. The number of hydrogen-bond acceptors (Lipinski definition) is 4. The Morgan fingerprint density at radius 3 is 3.06 bits per heavy atom. The molecule has 2 aromatic heterocycles. The summed E-state index contributed by atoms with van der Waals surface area (Å²) in [5.41, 5.74) is 0. The Balaban J connectivity index is 2.55. The molecule has 0 saturated carbocycles. The first kappa shape index (κ1) is 12.6. The van der Waals surface area contributed by atoms with Crippen LogP contribution in [0, 0.1) is 0 Å². The molecule has 5 nitrogen and oxygen atoms in total. The van der Waals surface area contributed by atoms with E-state index in [9.17, 15) is 8.42 Å². The van der Waals surface area contributed by atoms with E-state index in [4.69, 9.17) is 11.6 Å². The van der Waals surface area contributed by atoms with E-state index in [1.165, 1.54) is 21.8 Å². The number of rotatable bonds is 4. The van der Waals surface area contributed by atoms with E-state index in [0.29, 0.717) is 4.96 Å². The van der Waals surface area contributed by atoms with Gasteiger partial charge in [-0.05, 0) is 6.92 Å². The van der Waals surface area contributed by atoms with Crippen LogP contribution in [0.15, 0.2) is 29.3 Å². The van der Waals surface area contributed by atoms with Gasteiger partial charge in [-0.15, -0.1) is 17.9 Å². The summed E-state index contributed by atoms with van der Waals surface area (Å²) in [5.74, 6) is 0. The van der Waals surface area contributed by atoms with Crippen molar-refractivity contribution in [3.8, 4) is 0 Å². The third-order valence-corrected chi connectivity index (χ3v) is 4.84.